The molecular weight excluding hydrogens is 210 g/mol. The second-order valence-electron chi connectivity index (χ2n) is 3.30. The van der Waals surface area contributed by atoms with Gasteiger partial charge in [0, 0.05) is 18.6 Å². The molecule has 0 aliphatic rings. The molecule has 1 unspecified atom stereocenters. The molecule has 3 N–H and O–H groups in total. The van der Waals surface area contributed by atoms with Crippen LogP contribution in [0.5, 0.6) is 0 Å². The van der Waals surface area contributed by atoms with Gasteiger partial charge in [-0.05, 0) is 0 Å². The van der Waals surface area contributed by atoms with Crippen molar-refractivity contribution in [3.8, 4) is 0 Å². The maximum absolute atomic E-state index is 10.3. The number of hydrogen-bond donors (Lipinski definition) is 2. The van der Waals surface area contributed by atoms with Crippen molar-refractivity contribution >= 4 is 5.97 Å². The summed E-state index contributed by atoms with van der Waals surface area (Å²) < 4.78 is 8.93. The molecular formula is C11H15NO4. The number of nitrogens with two attached hydrogens (primary N) is 1. The van der Waals surface area contributed by atoms with Crippen LogP contribution in [0.15, 0.2) is 30.3 Å². The lowest BCUT2D eigenvalue weighted by Gasteiger charge is -2.04. The average Bonchev–Trinajstić information content (AvgIpc) is 2.31. The van der Waals surface area contributed by atoms with E-state index in [2.05, 4.69) is 4.58 Å². The molecule has 16 heavy (non-hydrogen) atoms. The number of aliphatic hydroxyl groups excluding tert-OH is 1. The molecule has 88 valence electrons. The number of rotatable bonds is 5. The monoisotopic (exact) mass is 225 g/mol. The molecule has 1 aromatic carbocycles. The Morgan fingerprint density at radius 1 is 1.44 bits per heavy atom. The van der Waals surface area contributed by atoms with Crippen molar-refractivity contribution in [3.63, 3.8) is 0 Å². The highest BCUT2D eigenvalue weighted by molar-refractivity contribution is 5.75. The minimum atomic E-state index is -0.703. The van der Waals surface area contributed by atoms with Crippen LogP contribution in [0.4, 0.5) is 0 Å². The van der Waals surface area contributed by atoms with Crippen LogP contribution in [0.3, 0.4) is 0 Å². The third-order valence-corrected chi connectivity index (χ3v) is 2.05. The van der Waals surface area contributed by atoms with E-state index >= 15 is 0 Å². The van der Waals surface area contributed by atoms with E-state index in [1.54, 1.807) is 0 Å². The third kappa shape index (κ3) is 3.88. The number of ether oxygens (including phenoxy) is 1. The van der Waals surface area contributed by atoms with Crippen molar-refractivity contribution in [1.29, 1.82) is 0 Å². The van der Waals surface area contributed by atoms with E-state index in [-0.39, 0.29) is 25.6 Å². The maximum atomic E-state index is 10.3. The number of aliphatic hydroxyl groups is 1. The molecule has 0 saturated heterocycles. The van der Waals surface area contributed by atoms with Crippen molar-refractivity contribution in [2.24, 2.45) is 5.73 Å². The van der Waals surface area contributed by atoms with Crippen molar-refractivity contribution < 1.29 is 19.7 Å². The summed E-state index contributed by atoms with van der Waals surface area (Å²) >= 11 is 0. The lowest BCUT2D eigenvalue weighted by atomic mass is 10.2. The summed E-state index contributed by atoms with van der Waals surface area (Å²) in [5.74, 6) is -0.196. The first kappa shape index (κ1) is 12.5. The van der Waals surface area contributed by atoms with E-state index < -0.39 is 6.04 Å². The molecule has 0 fully saturated rings. The highest BCUT2D eigenvalue weighted by atomic mass is 17.1. The van der Waals surface area contributed by atoms with Crippen molar-refractivity contribution in [3.05, 3.63) is 35.9 Å². The smallest absolute Gasteiger partial charge is 0.515 e. The molecule has 0 aliphatic carbocycles. The molecule has 0 radical (unpaired) electrons. The molecule has 5 heteroatoms. The van der Waals surface area contributed by atoms with Crippen LogP contribution in [0.25, 0.3) is 0 Å². The van der Waals surface area contributed by atoms with Gasteiger partial charge in [-0.2, -0.15) is 0 Å². The first-order valence-corrected chi connectivity index (χ1v) is 4.97. The minimum Gasteiger partial charge on any atom is -0.588 e. The fourth-order valence-electron chi connectivity index (χ4n) is 1.18. The summed E-state index contributed by atoms with van der Waals surface area (Å²) in [5, 5.41) is 19.0. The van der Waals surface area contributed by atoms with Crippen LogP contribution in [-0.2, 0) is 15.9 Å². The van der Waals surface area contributed by atoms with Crippen LogP contribution in [0.2, 0.25) is 0 Å². The molecule has 0 aliphatic heterocycles. The van der Waals surface area contributed by atoms with Crippen molar-refractivity contribution in [2.45, 2.75) is 19.1 Å². The van der Waals surface area contributed by atoms with Crippen LogP contribution >= 0.6 is 0 Å². The first-order valence-electron chi connectivity index (χ1n) is 4.97. The largest absolute Gasteiger partial charge is 0.588 e. The second-order valence-corrected chi connectivity index (χ2v) is 3.30. The van der Waals surface area contributed by atoms with E-state index in [1.807, 2.05) is 30.3 Å². The Bertz CT molecular complexity index is 326. The molecule has 0 spiro atoms. The number of carbonyl (C=O) groups excluding carboxylic acids is 1. The van der Waals surface area contributed by atoms with Gasteiger partial charge in [-0.25, -0.2) is 0 Å². The molecule has 0 heterocycles. The summed E-state index contributed by atoms with van der Waals surface area (Å²) in [6, 6.07) is 8.63. The van der Waals surface area contributed by atoms with Gasteiger partial charge in [0.15, 0.2) is 6.04 Å². The van der Waals surface area contributed by atoms with Crippen molar-refractivity contribution in [2.75, 3.05) is 6.61 Å². The Morgan fingerprint density at radius 3 is 2.69 bits per heavy atom. The fourth-order valence-corrected chi connectivity index (χ4v) is 1.18. The van der Waals surface area contributed by atoms with Gasteiger partial charge >= 0.3 is 5.97 Å². The van der Waals surface area contributed by atoms with Gasteiger partial charge in [-0.15, -0.1) is 0 Å². The average molecular weight is 225 g/mol. The molecule has 0 aromatic heterocycles. The van der Waals surface area contributed by atoms with E-state index in [0.717, 1.165) is 5.56 Å². The van der Waals surface area contributed by atoms with Gasteiger partial charge in [-0.3, -0.25) is 4.58 Å². The van der Waals surface area contributed by atoms with Crippen LogP contribution < -0.4 is 11.0 Å². The number of benzene rings is 1. The van der Waals surface area contributed by atoms with E-state index in [4.69, 9.17) is 15.6 Å². The Hall–Kier alpha value is -1.59. The van der Waals surface area contributed by atoms with Gasteiger partial charge in [0.05, 0.1) is 0 Å². The molecule has 1 aromatic rings. The van der Waals surface area contributed by atoms with Gasteiger partial charge in [0.2, 0.25) is 6.61 Å². The first-order chi connectivity index (χ1) is 7.77. The predicted octanol–water partition coefficient (Wildman–Crippen LogP) is -0.750. The second kappa shape index (κ2) is 6.81. The zero-order valence-corrected chi connectivity index (χ0v) is 8.83. The van der Waals surface area contributed by atoms with Crippen LogP contribution in [0.1, 0.15) is 12.0 Å². The molecule has 1 atom stereocenters. The third-order valence-electron chi connectivity index (χ3n) is 2.05. The predicted molar refractivity (Wildman–Crippen MR) is 55.9 cm³/mol. The van der Waals surface area contributed by atoms with Gasteiger partial charge in [-0.1, -0.05) is 30.3 Å². The van der Waals surface area contributed by atoms with Crippen LogP contribution in [0, 0.1) is 0 Å². The maximum Gasteiger partial charge on any atom is 0.515 e. The quantitative estimate of drug-likeness (QED) is 0.298. The standard InChI is InChI=1S/C11H15NO4/c12-10(6-7-13)11(16-14)15-8-9-4-2-1-3-5-9/h1-5,10,13H,6-8,12H2. The number of hydrogen-bond acceptors (Lipinski definition) is 4. The highest BCUT2D eigenvalue weighted by Crippen LogP contribution is 2.02. The Morgan fingerprint density at radius 2 is 2.12 bits per heavy atom. The molecule has 0 saturated carbocycles. The Kier molecular flexibility index (Phi) is 5.31. The summed E-state index contributed by atoms with van der Waals surface area (Å²) in [7, 11) is 0. The van der Waals surface area contributed by atoms with E-state index in [1.165, 1.54) is 0 Å². The normalized spacial score (nSPS) is 13.5. The van der Waals surface area contributed by atoms with Gasteiger partial charge < -0.3 is 20.8 Å². The fraction of sp³-hybridized carbons (Fsp3) is 0.364. The molecule has 0 bridgehead atoms. The highest BCUT2D eigenvalue weighted by Gasteiger charge is 2.24. The van der Waals surface area contributed by atoms with Gasteiger partial charge in [0.25, 0.3) is 0 Å². The SMILES string of the molecule is NC(CCO)C(OCc1ccccc1)=[O+][O-]. The lowest BCUT2D eigenvalue weighted by molar-refractivity contribution is -1.05. The summed E-state index contributed by atoms with van der Waals surface area (Å²) in [5.41, 5.74) is 6.47. The molecule has 0 amide bonds. The Labute approximate surface area is 93.7 Å². The molecule has 5 nitrogen and oxygen atoms in total. The zero-order chi connectivity index (χ0) is 11.8. The summed E-state index contributed by atoms with van der Waals surface area (Å²) in [4.78, 5) is 0. The van der Waals surface area contributed by atoms with E-state index in [9.17, 15) is 5.26 Å². The zero-order valence-electron chi connectivity index (χ0n) is 8.83. The minimum absolute atomic E-state index is 0.122. The summed E-state index contributed by atoms with van der Waals surface area (Å²) in [6.07, 6.45) is 0.229. The van der Waals surface area contributed by atoms with Crippen LogP contribution in [-0.4, -0.2) is 23.7 Å². The summed E-state index contributed by atoms with van der Waals surface area (Å²) in [6.45, 7) is 0.0975. The Balaban J connectivity index is 2.47. The van der Waals surface area contributed by atoms with Gasteiger partial charge in [0.1, 0.15) is 0 Å². The topological polar surface area (TPSA) is 89.8 Å². The van der Waals surface area contributed by atoms with E-state index in [0.29, 0.717) is 0 Å². The molecule has 1 rings (SSSR count). The lowest BCUT2D eigenvalue weighted by Crippen LogP contribution is -2.36. The van der Waals surface area contributed by atoms with Crippen molar-refractivity contribution in [1.82, 2.24) is 0 Å². The number of esters is 1.